The molecule has 0 fully saturated rings. The normalized spacial score (nSPS) is 12.8. The fraction of sp³-hybridized carbons (Fsp3) is 0.286. The minimum absolute atomic E-state index is 0.00715. The molecule has 8 nitrogen and oxygen atoms in total. The smallest absolute Gasteiger partial charge is 0.282 e. The molecule has 29 heavy (non-hydrogen) atoms. The van der Waals surface area contributed by atoms with Crippen molar-refractivity contribution < 1.29 is 19.3 Å². The Kier molecular flexibility index (Phi) is 6.01. The van der Waals surface area contributed by atoms with Crippen LogP contribution in [-0.2, 0) is 11.2 Å². The molecule has 0 radical (unpaired) electrons. The van der Waals surface area contributed by atoms with Crippen LogP contribution in [0.15, 0.2) is 42.5 Å². The second kappa shape index (κ2) is 8.64. The number of hydrogen-bond acceptors (Lipinski definition) is 5. The SMILES string of the molecule is CCCCc1ccc(NC(=O)CCN2C(=O)c3cccc([N+](=O)[O-])c3C2=O)cc1. The number of carbonyl (C=O) groups excluding carboxylic acids is 3. The number of benzene rings is 2. The predicted octanol–water partition coefficient (Wildman–Crippen LogP) is 3.56. The molecule has 0 saturated heterocycles. The largest absolute Gasteiger partial charge is 0.326 e. The molecule has 1 N–H and O–H groups in total. The second-order valence-corrected chi connectivity index (χ2v) is 6.82. The molecule has 2 aromatic carbocycles. The van der Waals surface area contributed by atoms with E-state index in [1.54, 1.807) is 0 Å². The summed E-state index contributed by atoms with van der Waals surface area (Å²) in [5, 5.41) is 13.9. The lowest BCUT2D eigenvalue weighted by molar-refractivity contribution is -0.385. The van der Waals surface area contributed by atoms with E-state index in [2.05, 4.69) is 12.2 Å². The number of nitrogens with one attached hydrogen (secondary N) is 1. The van der Waals surface area contributed by atoms with E-state index in [1.807, 2.05) is 24.3 Å². The van der Waals surface area contributed by atoms with Crippen LogP contribution < -0.4 is 5.32 Å². The van der Waals surface area contributed by atoms with Crippen LogP contribution in [0.3, 0.4) is 0 Å². The van der Waals surface area contributed by atoms with Crippen LogP contribution in [0.4, 0.5) is 11.4 Å². The van der Waals surface area contributed by atoms with E-state index >= 15 is 0 Å². The first-order valence-electron chi connectivity index (χ1n) is 9.44. The summed E-state index contributed by atoms with van der Waals surface area (Å²) in [6.07, 6.45) is 3.09. The first-order valence-corrected chi connectivity index (χ1v) is 9.44. The van der Waals surface area contributed by atoms with Crippen LogP contribution in [-0.4, -0.2) is 34.1 Å². The number of rotatable bonds is 8. The maximum absolute atomic E-state index is 12.5. The first kappa shape index (κ1) is 20.2. The Hall–Kier alpha value is -3.55. The molecule has 0 atom stereocenters. The third-order valence-electron chi connectivity index (χ3n) is 4.79. The Morgan fingerprint density at radius 3 is 2.48 bits per heavy atom. The summed E-state index contributed by atoms with van der Waals surface area (Å²) in [6.45, 7) is 1.98. The Balaban J connectivity index is 1.61. The van der Waals surface area contributed by atoms with Crippen LogP contribution in [0.1, 0.15) is 52.5 Å². The first-order chi connectivity index (χ1) is 13.9. The summed E-state index contributed by atoms with van der Waals surface area (Å²) in [4.78, 5) is 48.5. The quantitative estimate of drug-likeness (QED) is 0.417. The van der Waals surface area contributed by atoms with E-state index in [0.29, 0.717) is 5.69 Å². The van der Waals surface area contributed by atoms with Crippen molar-refractivity contribution in [3.8, 4) is 0 Å². The van der Waals surface area contributed by atoms with Gasteiger partial charge in [0.05, 0.1) is 10.5 Å². The maximum atomic E-state index is 12.5. The number of carbonyl (C=O) groups is 3. The molecule has 0 saturated carbocycles. The molecule has 2 aromatic rings. The lowest BCUT2D eigenvalue weighted by Gasteiger charge is -2.13. The lowest BCUT2D eigenvalue weighted by Crippen LogP contribution is -2.33. The highest BCUT2D eigenvalue weighted by Crippen LogP contribution is 2.30. The van der Waals surface area contributed by atoms with Gasteiger partial charge in [-0.25, -0.2) is 0 Å². The van der Waals surface area contributed by atoms with E-state index in [1.165, 1.54) is 23.8 Å². The molecule has 0 spiro atoms. The van der Waals surface area contributed by atoms with E-state index in [-0.39, 0.29) is 30.0 Å². The summed E-state index contributed by atoms with van der Waals surface area (Å²) in [7, 11) is 0. The molecule has 150 valence electrons. The van der Waals surface area contributed by atoms with Crippen LogP contribution in [0.5, 0.6) is 0 Å². The third-order valence-corrected chi connectivity index (χ3v) is 4.79. The molecule has 1 aliphatic heterocycles. The summed E-state index contributed by atoms with van der Waals surface area (Å²) in [6, 6.07) is 11.5. The van der Waals surface area contributed by atoms with Crippen molar-refractivity contribution in [2.75, 3.05) is 11.9 Å². The van der Waals surface area contributed by atoms with Gasteiger partial charge < -0.3 is 5.32 Å². The number of anilines is 1. The van der Waals surface area contributed by atoms with Crippen molar-refractivity contribution in [2.24, 2.45) is 0 Å². The lowest BCUT2D eigenvalue weighted by atomic mass is 10.1. The van der Waals surface area contributed by atoms with Gasteiger partial charge in [0.25, 0.3) is 17.5 Å². The molecule has 3 rings (SSSR count). The summed E-state index contributed by atoms with van der Waals surface area (Å²) in [5.41, 5.74) is 1.19. The monoisotopic (exact) mass is 395 g/mol. The fourth-order valence-corrected chi connectivity index (χ4v) is 3.24. The zero-order valence-corrected chi connectivity index (χ0v) is 16.0. The molecule has 3 amide bonds. The summed E-state index contributed by atoms with van der Waals surface area (Å²) >= 11 is 0. The average Bonchev–Trinajstić information content (AvgIpc) is 2.96. The van der Waals surface area contributed by atoms with Gasteiger partial charge in [0.15, 0.2) is 0 Å². The number of unbranched alkanes of at least 4 members (excludes halogenated alkanes) is 1. The number of fused-ring (bicyclic) bond motifs is 1. The molecular formula is C21H21N3O5. The molecule has 0 bridgehead atoms. The highest BCUT2D eigenvalue weighted by molar-refractivity contribution is 6.23. The highest BCUT2D eigenvalue weighted by atomic mass is 16.6. The maximum Gasteiger partial charge on any atom is 0.282 e. The van der Waals surface area contributed by atoms with Crippen LogP contribution in [0, 0.1) is 10.1 Å². The number of nitro groups is 1. The van der Waals surface area contributed by atoms with E-state index in [9.17, 15) is 24.5 Å². The van der Waals surface area contributed by atoms with Gasteiger partial charge in [-0.3, -0.25) is 29.4 Å². The Morgan fingerprint density at radius 2 is 1.83 bits per heavy atom. The van der Waals surface area contributed by atoms with Crippen molar-refractivity contribution >= 4 is 29.1 Å². The van der Waals surface area contributed by atoms with E-state index < -0.39 is 22.4 Å². The zero-order valence-electron chi connectivity index (χ0n) is 16.0. The van der Waals surface area contributed by atoms with Crippen LogP contribution in [0.2, 0.25) is 0 Å². The Labute approximate surface area is 167 Å². The highest BCUT2D eigenvalue weighted by Gasteiger charge is 2.40. The van der Waals surface area contributed by atoms with E-state index in [4.69, 9.17) is 0 Å². The van der Waals surface area contributed by atoms with Crippen molar-refractivity contribution in [3.63, 3.8) is 0 Å². The van der Waals surface area contributed by atoms with Crippen molar-refractivity contribution in [2.45, 2.75) is 32.6 Å². The van der Waals surface area contributed by atoms with Crippen molar-refractivity contribution in [1.82, 2.24) is 4.90 Å². The van der Waals surface area contributed by atoms with Crippen LogP contribution in [0.25, 0.3) is 0 Å². The van der Waals surface area contributed by atoms with E-state index in [0.717, 1.165) is 24.2 Å². The fourth-order valence-electron chi connectivity index (χ4n) is 3.24. The summed E-state index contributed by atoms with van der Waals surface area (Å²) in [5.74, 6) is -1.72. The van der Waals surface area contributed by atoms with Gasteiger partial charge in [0.2, 0.25) is 5.91 Å². The minimum atomic E-state index is -0.745. The van der Waals surface area contributed by atoms with Crippen molar-refractivity contribution in [1.29, 1.82) is 0 Å². The third kappa shape index (κ3) is 4.31. The number of nitro benzene ring substituents is 1. The van der Waals surface area contributed by atoms with Gasteiger partial charge in [-0.2, -0.15) is 0 Å². The number of nitrogens with zero attached hydrogens (tertiary/aromatic N) is 2. The second-order valence-electron chi connectivity index (χ2n) is 6.82. The van der Waals surface area contributed by atoms with Gasteiger partial charge >= 0.3 is 0 Å². The average molecular weight is 395 g/mol. The standard InChI is InChI=1S/C21H21N3O5/c1-2-3-5-14-8-10-15(11-9-14)22-18(25)12-13-23-20(26)16-6-4-7-17(24(28)29)19(16)21(23)27/h4,6-11H,2-3,5,12-13H2,1H3,(H,22,25). The predicted molar refractivity (Wildman–Crippen MR) is 107 cm³/mol. The van der Waals surface area contributed by atoms with Gasteiger partial charge in [-0.15, -0.1) is 0 Å². The van der Waals surface area contributed by atoms with Gasteiger partial charge in [0, 0.05) is 24.7 Å². The molecule has 0 aromatic heterocycles. The number of amides is 3. The van der Waals surface area contributed by atoms with Crippen molar-refractivity contribution in [3.05, 3.63) is 69.3 Å². The number of imide groups is 1. The summed E-state index contributed by atoms with van der Waals surface area (Å²) < 4.78 is 0. The minimum Gasteiger partial charge on any atom is -0.326 e. The molecule has 0 unspecified atom stereocenters. The number of hydrogen-bond donors (Lipinski definition) is 1. The van der Waals surface area contributed by atoms with Crippen LogP contribution >= 0.6 is 0 Å². The van der Waals surface area contributed by atoms with Gasteiger partial charge in [-0.05, 0) is 36.6 Å². The molecule has 1 heterocycles. The van der Waals surface area contributed by atoms with Gasteiger partial charge in [-0.1, -0.05) is 31.5 Å². The van der Waals surface area contributed by atoms with Gasteiger partial charge in [0.1, 0.15) is 5.56 Å². The molecular weight excluding hydrogens is 374 g/mol. The zero-order chi connectivity index (χ0) is 21.0. The topological polar surface area (TPSA) is 110 Å². The Morgan fingerprint density at radius 1 is 1.10 bits per heavy atom. The molecule has 8 heteroatoms. The Bertz CT molecular complexity index is 969. The molecule has 1 aliphatic rings. The number of aryl methyl sites for hydroxylation is 1. The molecule has 0 aliphatic carbocycles.